The molecule has 7 heteroatoms. The van der Waals surface area contributed by atoms with Gasteiger partial charge in [-0.05, 0) is 41.5 Å². The van der Waals surface area contributed by atoms with Crippen LogP contribution in [0.15, 0.2) is 108 Å². The summed E-state index contributed by atoms with van der Waals surface area (Å²) in [5, 5.41) is 9.59. The summed E-state index contributed by atoms with van der Waals surface area (Å²) in [7, 11) is 0. The Hall–Kier alpha value is -3.84. The van der Waals surface area contributed by atoms with Gasteiger partial charge in [-0.1, -0.05) is 60.7 Å². The van der Waals surface area contributed by atoms with Gasteiger partial charge in [0.2, 0.25) is 11.8 Å². The fourth-order valence-electron chi connectivity index (χ4n) is 3.32. The molecule has 0 fully saturated rings. The molecule has 166 valence electrons. The summed E-state index contributed by atoms with van der Waals surface area (Å²) in [4.78, 5) is 26.4. The van der Waals surface area contributed by atoms with Crippen molar-refractivity contribution in [3.05, 3.63) is 115 Å². The van der Waals surface area contributed by atoms with Crippen LogP contribution in [-0.4, -0.2) is 21.6 Å². The SMILES string of the molecule is O=C(Cn1cccn1)Nc1cccc(CNC(=O)C(Sc2ccccc2)c2ccccc2)c1. The van der Waals surface area contributed by atoms with Crippen molar-refractivity contribution in [3.63, 3.8) is 0 Å². The normalized spacial score (nSPS) is 11.5. The lowest BCUT2D eigenvalue weighted by atomic mass is 10.1. The van der Waals surface area contributed by atoms with Crippen LogP contribution in [0.25, 0.3) is 0 Å². The Labute approximate surface area is 197 Å². The van der Waals surface area contributed by atoms with E-state index in [-0.39, 0.29) is 23.6 Å². The van der Waals surface area contributed by atoms with Crippen LogP contribution in [0.5, 0.6) is 0 Å². The maximum absolute atomic E-state index is 13.2. The Morgan fingerprint density at radius 3 is 2.39 bits per heavy atom. The molecule has 6 nitrogen and oxygen atoms in total. The fourth-order valence-corrected chi connectivity index (χ4v) is 4.39. The van der Waals surface area contributed by atoms with Crippen molar-refractivity contribution in [3.8, 4) is 0 Å². The van der Waals surface area contributed by atoms with Crippen molar-refractivity contribution in [1.82, 2.24) is 15.1 Å². The number of aromatic nitrogens is 2. The van der Waals surface area contributed by atoms with Crippen LogP contribution in [-0.2, 0) is 22.7 Å². The van der Waals surface area contributed by atoms with Crippen LogP contribution < -0.4 is 10.6 Å². The van der Waals surface area contributed by atoms with Gasteiger partial charge in [0.15, 0.2) is 0 Å². The zero-order chi connectivity index (χ0) is 22.9. The van der Waals surface area contributed by atoms with E-state index in [1.54, 1.807) is 23.1 Å². The lowest BCUT2D eigenvalue weighted by Gasteiger charge is -2.17. The number of hydrogen-bond donors (Lipinski definition) is 2. The third-order valence-electron chi connectivity index (χ3n) is 4.88. The van der Waals surface area contributed by atoms with Gasteiger partial charge in [0.1, 0.15) is 11.8 Å². The van der Waals surface area contributed by atoms with Gasteiger partial charge < -0.3 is 10.6 Å². The zero-order valence-electron chi connectivity index (χ0n) is 17.9. The van der Waals surface area contributed by atoms with Crippen LogP contribution in [0.4, 0.5) is 5.69 Å². The minimum atomic E-state index is -0.370. The summed E-state index contributed by atoms with van der Waals surface area (Å²) in [5.74, 6) is -0.230. The van der Waals surface area contributed by atoms with E-state index in [2.05, 4.69) is 15.7 Å². The number of hydrogen-bond acceptors (Lipinski definition) is 4. The number of rotatable bonds is 9. The monoisotopic (exact) mass is 456 g/mol. The zero-order valence-corrected chi connectivity index (χ0v) is 18.7. The largest absolute Gasteiger partial charge is 0.351 e. The van der Waals surface area contributed by atoms with E-state index < -0.39 is 0 Å². The molecule has 0 bridgehead atoms. The average Bonchev–Trinajstić information content (AvgIpc) is 3.35. The fraction of sp³-hybridized carbons (Fsp3) is 0.115. The lowest BCUT2D eigenvalue weighted by molar-refractivity contribution is -0.121. The Morgan fingerprint density at radius 2 is 1.67 bits per heavy atom. The molecule has 2 N–H and O–H groups in total. The molecule has 0 aliphatic carbocycles. The van der Waals surface area contributed by atoms with E-state index in [0.29, 0.717) is 12.2 Å². The number of carbonyl (C=O) groups excluding carboxylic acids is 2. The highest BCUT2D eigenvalue weighted by Crippen LogP contribution is 2.35. The third kappa shape index (κ3) is 6.57. The van der Waals surface area contributed by atoms with Gasteiger partial charge in [0.25, 0.3) is 0 Å². The molecule has 3 aromatic carbocycles. The molecule has 4 aromatic rings. The van der Waals surface area contributed by atoms with Crippen LogP contribution in [0.3, 0.4) is 0 Å². The highest BCUT2D eigenvalue weighted by Gasteiger charge is 2.21. The van der Waals surface area contributed by atoms with Crippen molar-refractivity contribution in [1.29, 1.82) is 0 Å². The summed E-state index contributed by atoms with van der Waals surface area (Å²) >= 11 is 1.52. The Kier molecular flexibility index (Phi) is 7.56. The Bertz CT molecular complexity index is 1180. The standard InChI is InChI=1S/C26H24N4O2S/c31-24(19-30-16-8-15-28-30)29-22-12-7-9-20(17-22)18-27-26(32)25(21-10-3-1-4-11-21)33-23-13-5-2-6-14-23/h1-17,25H,18-19H2,(H,27,32)(H,29,31). The molecular weight excluding hydrogens is 432 g/mol. The van der Waals surface area contributed by atoms with Crippen molar-refractivity contribution < 1.29 is 9.59 Å². The van der Waals surface area contributed by atoms with Gasteiger partial charge in [-0.15, -0.1) is 11.8 Å². The van der Waals surface area contributed by atoms with Crippen molar-refractivity contribution in [2.75, 3.05) is 5.32 Å². The lowest BCUT2D eigenvalue weighted by Crippen LogP contribution is -2.27. The molecule has 1 heterocycles. The van der Waals surface area contributed by atoms with Gasteiger partial charge in [-0.2, -0.15) is 5.10 Å². The van der Waals surface area contributed by atoms with Crippen LogP contribution in [0.1, 0.15) is 16.4 Å². The van der Waals surface area contributed by atoms with E-state index in [1.807, 2.05) is 84.9 Å². The second kappa shape index (κ2) is 11.2. The van der Waals surface area contributed by atoms with Crippen molar-refractivity contribution in [2.24, 2.45) is 0 Å². The van der Waals surface area contributed by atoms with E-state index in [1.165, 1.54) is 11.8 Å². The first-order chi connectivity index (χ1) is 16.2. The molecule has 0 spiro atoms. The van der Waals surface area contributed by atoms with E-state index in [9.17, 15) is 9.59 Å². The molecule has 4 rings (SSSR count). The van der Waals surface area contributed by atoms with Gasteiger partial charge >= 0.3 is 0 Å². The number of thioether (sulfide) groups is 1. The first-order valence-electron chi connectivity index (χ1n) is 10.6. The molecule has 0 radical (unpaired) electrons. The summed E-state index contributed by atoms with van der Waals surface area (Å²) < 4.78 is 1.56. The molecule has 0 aliphatic heterocycles. The summed E-state index contributed by atoms with van der Waals surface area (Å²) in [6, 6.07) is 28.9. The molecule has 0 saturated heterocycles. The Balaban J connectivity index is 1.39. The van der Waals surface area contributed by atoms with Crippen molar-refractivity contribution in [2.45, 2.75) is 23.2 Å². The highest BCUT2D eigenvalue weighted by molar-refractivity contribution is 8.00. The number of carbonyl (C=O) groups is 2. The number of amides is 2. The van der Waals surface area contributed by atoms with Gasteiger partial charge in [-0.25, -0.2) is 0 Å². The molecule has 1 aromatic heterocycles. The van der Waals surface area contributed by atoms with E-state index in [0.717, 1.165) is 16.0 Å². The third-order valence-corrected chi connectivity index (χ3v) is 6.15. The molecule has 33 heavy (non-hydrogen) atoms. The van der Waals surface area contributed by atoms with Gasteiger partial charge in [0.05, 0.1) is 0 Å². The second-order valence-corrected chi connectivity index (χ2v) is 8.57. The molecule has 0 aliphatic rings. The maximum atomic E-state index is 13.2. The predicted molar refractivity (Wildman–Crippen MR) is 131 cm³/mol. The number of nitrogens with one attached hydrogen (secondary N) is 2. The Morgan fingerprint density at radius 1 is 0.909 bits per heavy atom. The van der Waals surface area contributed by atoms with Crippen molar-refractivity contribution >= 4 is 29.3 Å². The quantitative estimate of drug-likeness (QED) is 0.359. The second-order valence-electron chi connectivity index (χ2n) is 7.39. The number of anilines is 1. The van der Waals surface area contributed by atoms with Crippen LogP contribution >= 0.6 is 11.8 Å². The minimum absolute atomic E-state index is 0.0665. The molecule has 1 unspecified atom stereocenters. The smallest absolute Gasteiger partial charge is 0.246 e. The summed E-state index contributed by atoms with van der Waals surface area (Å²) in [5.41, 5.74) is 2.53. The highest BCUT2D eigenvalue weighted by atomic mass is 32.2. The van der Waals surface area contributed by atoms with Gasteiger partial charge in [0, 0.05) is 29.5 Å². The number of benzene rings is 3. The molecule has 1 atom stereocenters. The van der Waals surface area contributed by atoms with Crippen LogP contribution in [0, 0.1) is 0 Å². The first-order valence-corrected chi connectivity index (χ1v) is 11.5. The minimum Gasteiger partial charge on any atom is -0.351 e. The predicted octanol–water partition coefficient (Wildman–Crippen LogP) is 4.67. The first kappa shape index (κ1) is 22.4. The molecular formula is C26H24N4O2S. The molecule has 2 amide bonds. The molecule has 0 saturated carbocycles. The van der Waals surface area contributed by atoms with Gasteiger partial charge in [-0.3, -0.25) is 14.3 Å². The number of nitrogens with zero attached hydrogens (tertiary/aromatic N) is 2. The van der Waals surface area contributed by atoms with E-state index in [4.69, 9.17) is 0 Å². The summed E-state index contributed by atoms with van der Waals surface area (Å²) in [6.45, 7) is 0.504. The topological polar surface area (TPSA) is 76.0 Å². The van der Waals surface area contributed by atoms with E-state index >= 15 is 0 Å². The summed E-state index contributed by atoms with van der Waals surface area (Å²) in [6.07, 6.45) is 3.37. The average molecular weight is 457 g/mol. The maximum Gasteiger partial charge on any atom is 0.246 e. The van der Waals surface area contributed by atoms with Crippen LogP contribution in [0.2, 0.25) is 0 Å².